The molecular formula is C44H41NO. The van der Waals surface area contributed by atoms with E-state index in [0.717, 1.165) is 36.2 Å². The molecule has 228 valence electrons. The first-order valence-electron chi connectivity index (χ1n) is 16.9. The number of benzene rings is 3. The molecule has 0 bridgehead atoms. The highest BCUT2D eigenvalue weighted by Crippen LogP contribution is 2.54. The number of aromatic nitrogens is 1. The van der Waals surface area contributed by atoms with Gasteiger partial charge >= 0.3 is 0 Å². The highest BCUT2D eigenvalue weighted by atomic mass is 16.4. The van der Waals surface area contributed by atoms with Gasteiger partial charge in [0.05, 0.1) is 6.20 Å². The predicted octanol–water partition coefficient (Wildman–Crippen LogP) is 11.6. The van der Waals surface area contributed by atoms with Crippen LogP contribution in [0.5, 0.6) is 0 Å². The summed E-state index contributed by atoms with van der Waals surface area (Å²) in [6, 6.07) is 24.2. The fourth-order valence-electron chi connectivity index (χ4n) is 7.62. The minimum Gasteiger partial charge on any atom is -0.436 e. The van der Waals surface area contributed by atoms with Crippen LogP contribution in [0.3, 0.4) is 0 Å². The number of hydrogen-bond donors (Lipinski definition) is 0. The largest absolute Gasteiger partial charge is 0.436 e. The van der Waals surface area contributed by atoms with E-state index >= 15 is 0 Å². The first kappa shape index (κ1) is 28.8. The predicted molar refractivity (Wildman–Crippen MR) is 192 cm³/mol. The van der Waals surface area contributed by atoms with Gasteiger partial charge in [-0.25, -0.2) is 4.98 Å². The number of allylic oxidation sites excluding steroid dienone is 10. The Kier molecular flexibility index (Phi) is 7.05. The maximum atomic E-state index is 6.56. The highest BCUT2D eigenvalue weighted by molar-refractivity contribution is 5.93. The van der Waals surface area contributed by atoms with Crippen LogP contribution >= 0.6 is 0 Å². The van der Waals surface area contributed by atoms with Crippen LogP contribution in [0, 0.1) is 11.3 Å². The molecule has 0 fully saturated rings. The van der Waals surface area contributed by atoms with Crippen LogP contribution < -0.4 is 0 Å². The van der Waals surface area contributed by atoms with Crippen molar-refractivity contribution in [3.8, 4) is 11.3 Å². The van der Waals surface area contributed by atoms with Crippen molar-refractivity contribution in [1.29, 1.82) is 0 Å². The van der Waals surface area contributed by atoms with Crippen molar-refractivity contribution in [1.82, 2.24) is 4.98 Å². The maximum absolute atomic E-state index is 6.56. The molecule has 46 heavy (non-hydrogen) atoms. The average Bonchev–Trinajstić information content (AvgIpc) is 3.61. The number of hydrogen-bond acceptors (Lipinski definition) is 2. The second-order valence-electron chi connectivity index (χ2n) is 13.9. The second kappa shape index (κ2) is 11.3. The molecule has 3 aromatic carbocycles. The molecule has 4 aliphatic carbocycles. The molecule has 2 nitrogen and oxygen atoms in total. The lowest BCUT2D eigenvalue weighted by Gasteiger charge is -2.39. The van der Waals surface area contributed by atoms with Crippen LogP contribution in [-0.2, 0) is 6.42 Å². The zero-order valence-electron chi connectivity index (χ0n) is 27.3. The van der Waals surface area contributed by atoms with Gasteiger partial charge in [0.25, 0.3) is 0 Å². The highest BCUT2D eigenvalue weighted by Gasteiger charge is 2.40. The van der Waals surface area contributed by atoms with Crippen LogP contribution in [0.2, 0.25) is 0 Å². The molecule has 4 aromatic rings. The fraction of sp³-hybridized carbons (Fsp3) is 0.250. The zero-order chi connectivity index (χ0) is 31.4. The molecule has 4 aliphatic rings. The Morgan fingerprint density at radius 1 is 0.870 bits per heavy atom. The van der Waals surface area contributed by atoms with Gasteiger partial charge < -0.3 is 4.42 Å². The third-order valence-electron chi connectivity index (χ3n) is 10.8. The summed E-state index contributed by atoms with van der Waals surface area (Å²) >= 11 is 0. The van der Waals surface area contributed by atoms with Gasteiger partial charge in [0.1, 0.15) is 0 Å². The van der Waals surface area contributed by atoms with Gasteiger partial charge in [0.2, 0.25) is 5.89 Å². The SMILES string of the molecule is CCc1ccc(C2=CC3C(c4ncc(-c5ccccc5)o4)=Cc4cc(C5C=CC(C(C)(C)CC)=CC5)cc5c4C3C(=C2)C=C5)cc1. The first-order chi connectivity index (χ1) is 22.4. The van der Waals surface area contributed by atoms with Crippen molar-refractivity contribution < 1.29 is 4.42 Å². The summed E-state index contributed by atoms with van der Waals surface area (Å²) in [6.07, 6.45) is 24.3. The summed E-state index contributed by atoms with van der Waals surface area (Å²) in [5, 5.41) is 0. The number of rotatable bonds is 7. The van der Waals surface area contributed by atoms with Gasteiger partial charge in [-0.05, 0) is 80.9 Å². The van der Waals surface area contributed by atoms with Crippen molar-refractivity contribution in [2.45, 2.75) is 58.8 Å². The van der Waals surface area contributed by atoms with E-state index in [9.17, 15) is 0 Å². The summed E-state index contributed by atoms with van der Waals surface area (Å²) in [5.74, 6) is 2.24. The van der Waals surface area contributed by atoms with Gasteiger partial charge in [-0.3, -0.25) is 0 Å². The van der Waals surface area contributed by atoms with Crippen molar-refractivity contribution in [3.63, 3.8) is 0 Å². The van der Waals surface area contributed by atoms with Crippen molar-refractivity contribution >= 4 is 23.3 Å². The Bertz CT molecular complexity index is 2010. The molecular weight excluding hydrogens is 558 g/mol. The van der Waals surface area contributed by atoms with Crippen LogP contribution in [0.25, 0.3) is 34.6 Å². The topological polar surface area (TPSA) is 26.0 Å². The number of oxazole rings is 1. The average molecular weight is 600 g/mol. The minimum atomic E-state index is 0.126. The van der Waals surface area contributed by atoms with Crippen molar-refractivity contribution in [3.05, 3.63) is 160 Å². The monoisotopic (exact) mass is 599 g/mol. The van der Waals surface area contributed by atoms with E-state index in [1.54, 1.807) is 0 Å². The Labute approximate surface area is 273 Å². The van der Waals surface area contributed by atoms with E-state index in [2.05, 4.69) is 125 Å². The van der Waals surface area contributed by atoms with Gasteiger partial charge in [0.15, 0.2) is 5.76 Å². The van der Waals surface area contributed by atoms with Gasteiger partial charge in [-0.2, -0.15) is 0 Å². The fourth-order valence-corrected chi connectivity index (χ4v) is 7.62. The van der Waals surface area contributed by atoms with E-state index in [1.807, 2.05) is 24.4 Å². The van der Waals surface area contributed by atoms with E-state index in [-0.39, 0.29) is 17.3 Å². The van der Waals surface area contributed by atoms with E-state index in [1.165, 1.54) is 50.1 Å². The van der Waals surface area contributed by atoms with Crippen LogP contribution in [0.15, 0.2) is 125 Å². The molecule has 0 radical (unpaired) electrons. The quantitative estimate of drug-likeness (QED) is 0.211. The molecule has 8 rings (SSSR count). The smallest absolute Gasteiger partial charge is 0.223 e. The molecule has 0 saturated carbocycles. The van der Waals surface area contributed by atoms with Gasteiger partial charge in [0, 0.05) is 28.9 Å². The molecule has 0 spiro atoms. The molecule has 1 heterocycles. The zero-order valence-corrected chi connectivity index (χ0v) is 27.3. The third kappa shape index (κ3) is 4.92. The van der Waals surface area contributed by atoms with E-state index in [4.69, 9.17) is 9.40 Å². The van der Waals surface area contributed by atoms with Crippen molar-refractivity contribution in [2.24, 2.45) is 11.3 Å². The molecule has 1 aromatic heterocycles. The standard InChI is InChI=1S/C44H41NO/c1-5-28-12-14-29(15-13-28)35-23-33-17-16-32-22-34(30-18-20-37(21-19-30)44(3,4)6-2)24-36-26-39(38(25-35)42(33)41(32)36)43-45-27-40(46-43)31-10-8-7-9-11-31/h7-18,20-27,30,38,42H,5-6,19H2,1-4H3. The molecule has 2 heteroatoms. The molecule has 0 amide bonds. The molecule has 0 saturated heterocycles. The van der Waals surface area contributed by atoms with Crippen LogP contribution in [0.1, 0.15) is 91.6 Å². The lowest BCUT2D eigenvalue weighted by molar-refractivity contribution is 0.435. The van der Waals surface area contributed by atoms with E-state index < -0.39 is 0 Å². The van der Waals surface area contributed by atoms with Crippen molar-refractivity contribution in [2.75, 3.05) is 0 Å². The van der Waals surface area contributed by atoms with Crippen LogP contribution in [0.4, 0.5) is 0 Å². The normalized spacial score (nSPS) is 21.3. The van der Waals surface area contributed by atoms with Gasteiger partial charge in [-0.1, -0.05) is 137 Å². The number of aryl methyl sites for hydroxylation is 1. The summed E-state index contributed by atoms with van der Waals surface area (Å²) in [5.41, 5.74) is 14.5. The van der Waals surface area contributed by atoms with Crippen LogP contribution in [-0.4, -0.2) is 4.98 Å². The lowest BCUT2D eigenvalue weighted by atomic mass is 9.64. The Hall–Kier alpha value is -4.69. The maximum Gasteiger partial charge on any atom is 0.223 e. The first-order valence-corrected chi connectivity index (χ1v) is 16.9. The Morgan fingerprint density at radius 3 is 2.41 bits per heavy atom. The molecule has 3 unspecified atom stereocenters. The van der Waals surface area contributed by atoms with E-state index in [0.29, 0.717) is 11.8 Å². The molecule has 0 N–H and O–H groups in total. The summed E-state index contributed by atoms with van der Waals surface area (Å²) in [6.45, 7) is 9.19. The second-order valence-corrected chi connectivity index (χ2v) is 13.9. The Balaban J connectivity index is 1.24. The lowest BCUT2D eigenvalue weighted by Crippen LogP contribution is -2.25. The number of nitrogens with zero attached hydrogens (tertiary/aromatic N) is 1. The summed E-state index contributed by atoms with van der Waals surface area (Å²) in [4.78, 5) is 4.90. The summed E-state index contributed by atoms with van der Waals surface area (Å²) < 4.78 is 6.56. The summed E-state index contributed by atoms with van der Waals surface area (Å²) in [7, 11) is 0. The Morgan fingerprint density at radius 2 is 1.67 bits per heavy atom. The molecule has 0 aliphatic heterocycles. The minimum absolute atomic E-state index is 0.126. The van der Waals surface area contributed by atoms with Gasteiger partial charge in [-0.15, -0.1) is 0 Å². The molecule has 3 atom stereocenters. The third-order valence-corrected chi connectivity index (χ3v) is 10.8.